The van der Waals surface area contributed by atoms with Crippen molar-refractivity contribution in [3.8, 4) is 34.5 Å². The molecule has 0 aliphatic heterocycles. The van der Waals surface area contributed by atoms with E-state index in [9.17, 15) is 28.7 Å². The maximum Gasteiger partial charge on any atom is 0.263 e. The molecule has 244 valence electrons. The van der Waals surface area contributed by atoms with Gasteiger partial charge < -0.3 is 4.55 Å². The summed E-state index contributed by atoms with van der Waals surface area (Å²) in [5.41, 5.74) is 3.38. The molecule has 5 aromatic rings. The van der Waals surface area contributed by atoms with Crippen LogP contribution in [-0.4, -0.2) is 14.4 Å². The van der Waals surface area contributed by atoms with Gasteiger partial charge >= 0.3 is 0 Å². The SMILES string of the molecule is CC(=O)NSC1=CC(Cl)=C(c2cccc(-c3c(-c4c(C#N)cccc4C#N)c4cc(F)ccc4n3[S+]([O-])c3ccc(C(F)F)cc3)c2)CC1. The molecule has 0 fully saturated rings. The molecule has 0 saturated carbocycles. The Bertz CT molecular complexity index is 2240. The van der Waals surface area contributed by atoms with Crippen molar-refractivity contribution in [2.24, 2.45) is 0 Å². The lowest BCUT2D eigenvalue weighted by molar-refractivity contribution is -0.117. The molecule has 1 atom stereocenters. The van der Waals surface area contributed by atoms with Gasteiger partial charge in [-0.3, -0.25) is 9.52 Å². The molecule has 0 bridgehead atoms. The van der Waals surface area contributed by atoms with E-state index in [0.29, 0.717) is 45.6 Å². The van der Waals surface area contributed by atoms with E-state index in [2.05, 4.69) is 16.9 Å². The van der Waals surface area contributed by atoms with Crippen LogP contribution in [0.5, 0.6) is 0 Å². The van der Waals surface area contributed by atoms with Gasteiger partial charge in [0.05, 0.1) is 28.8 Å². The van der Waals surface area contributed by atoms with Crippen molar-refractivity contribution in [1.82, 2.24) is 8.69 Å². The maximum atomic E-state index is 15.0. The topological polar surface area (TPSA) is 105 Å². The molecule has 0 spiro atoms. The standard InChI is InChI=1S/C37H24ClF3N4O2S2/c1-21(46)44-48-28-11-14-30(32(38)18-28)23-4-2-5-24(16-23)36-35(34-25(19-42)6-3-7-26(34)20-43)31-17-27(39)10-15-33(31)45(36)49(47)29-12-8-22(9-13-29)37(40)41/h2-10,12-13,15-18,37H,11,14H2,1H3,(H,44,46). The molecule has 1 unspecified atom stereocenters. The number of aromatic nitrogens is 1. The van der Waals surface area contributed by atoms with Crippen molar-refractivity contribution < 1.29 is 22.5 Å². The highest BCUT2D eigenvalue weighted by Gasteiger charge is 2.31. The lowest BCUT2D eigenvalue weighted by atomic mass is 9.90. The molecule has 1 aliphatic rings. The minimum atomic E-state index is -2.72. The third-order valence-electron chi connectivity index (χ3n) is 7.95. The number of benzene rings is 4. The monoisotopic (exact) mass is 712 g/mol. The second kappa shape index (κ2) is 14.3. The predicted molar refractivity (Wildman–Crippen MR) is 187 cm³/mol. The smallest absolute Gasteiger partial charge is 0.263 e. The fourth-order valence-electron chi connectivity index (χ4n) is 5.79. The third kappa shape index (κ3) is 6.71. The number of nitrogens with one attached hydrogen (secondary N) is 1. The van der Waals surface area contributed by atoms with Crippen LogP contribution in [0.2, 0.25) is 0 Å². The summed E-state index contributed by atoms with van der Waals surface area (Å²) in [5, 5.41) is 21.1. The number of allylic oxidation sites excluding steroid dienone is 4. The summed E-state index contributed by atoms with van der Waals surface area (Å²) < 4.78 is 60.6. The summed E-state index contributed by atoms with van der Waals surface area (Å²) in [4.78, 5) is 12.5. The molecule has 1 heterocycles. The van der Waals surface area contributed by atoms with Crippen LogP contribution in [0.4, 0.5) is 13.2 Å². The molecule has 12 heteroatoms. The molecule has 4 aromatic carbocycles. The quantitative estimate of drug-likeness (QED) is 0.127. The summed E-state index contributed by atoms with van der Waals surface area (Å²) in [6.07, 6.45) is 0.246. The molecule has 49 heavy (non-hydrogen) atoms. The van der Waals surface area contributed by atoms with Crippen molar-refractivity contribution in [1.29, 1.82) is 10.5 Å². The van der Waals surface area contributed by atoms with E-state index in [1.54, 1.807) is 36.4 Å². The minimum Gasteiger partial charge on any atom is -0.587 e. The van der Waals surface area contributed by atoms with E-state index in [0.717, 1.165) is 16.0 Å². The van der Waals surface area contributed by atoms with Gasteiger partial charge in [0.25, 0.3) is 6.43 Å². The zero-order valence-electron chi connectivity index (χ0n) is 25.6. The second-order valence-electron chi connectivity index (χ2n) is 11.0. The van der Waals surface area contributed by atoms with E-state index >= 15 is 4.39 Å². The average Bonchev–Trinajstić information content (AvgIpc) is 3.43. The number of halogens is 4. The third-order valence-corrected chi connectivity index (χ3v) is 10.6. The Labute approximate surface area is 292 Å². The molecule has 1 aromatic heterocycles. The normalized spacial score (nSPS) is 13.6. The number of carbonyl (C=O) groups excluding carboxylic acids is 1. The summed E-state index contributed by atoms with van der Waals surface area (Å²) in [5.74, 6) is -0.777. The lowest BCUT2D eigenvalue weighted by Gasteiger charge is -2.19. The van der Waals surface area contributed by atoms with Crippen LogP contribution in [0.1, 0.15) is 48.4 Å². The van der Waals surface area contributed by atoms with Crippen LogP contribution in [0, 0.1) is 28.5 Å². The number of nitriles is 2. The highest BCUT2D eigenvalue weighted by atomic mass is 35.5. The van der Waals surface area contributed by atoms with Crippen molar-refractivity contribution in [3.63, 3.8) is 0 Å². The molecule has 6 rings (SSSR count). The van der Waals surface area contributed by atoms with Crippen LogP contribution < -0.4 is 4.72 Å². The molecule has 1 aliphatic carbocycles. The average molecular weight is 713 g/mol. The Morgan fingerprint density at radius 2 is 1.63 bits per heavy atom. The number of hydrogen-bond donors (Lipinski definition) is 1. The minimum absolute atomic E-state index is 0.152. The molecule has 6 nitrogen and oxygen atoms in total. The summed E-state index contributed by atoms with van der Waals surface area (Å²) in [6, 6.07) is 25.3. The van der Waals surface area contributed by atoms with Crippen molar-refractivity contribution >= 4 is 57.3 Å². The van der Waals surface area contributed by atoms with Crippen molar-refractivity contribution in [2.45, 2.75) is 31.1 Å². The Morgan fingerprint density at radius 1 is 0.959 bits per heavy atom. The first kappa shape index (κ1) is 34.0. The second-order valence-corrected chi connectivity index (χ2v) is 13.7. The van der Waals surface area contributed by atoms with Crippen LogP contribution in [0.25, 0.3) is 38.9 Å². The lowest BCUT2D eigenvalue weighted by Crippen LogP contribution is -2.14. The molecule has 0 radical (unpaired) electrons. The predicted octanol–water partition coefficient (Wildman–Crippen LogP) is 9.78. The van der Waals surface area contributed by atoms with E-state index in [1.165, 1.54) is 65.3 Å². The van der Waals surface area contributed by atoms with E-state index in [4.69, 9.17) is 11.6 Å². The fraction of sp³-hybridized carbons (Fsp3) is 0.108. The molecular weight excluding hydrogens is 689 g/mol. The summed E-state index contributed by atoms with van der Waals surface area (Å²) >= 11 is 5.91. The van der Waals surface area contributed by atoms with Crippen molar-refractivity contribution in [3.05, 3.63) is 129 Å². The van der Waals surface area contributed by atoms with Gasteiger partial charge in [-0.1, -0.05) is 35.9 Å². The highest BCUT2D eigenvalue weighted by Crippen LogP contribution is 2.46. The number of fused-ring (bicyclic) bond motifs is 1. The molecular formula is C37H24ClF3N4O2S2. The summed E-state index contributed by atoms with van der Waals surface area (Å²) in [7, 11) is 0. The highest BCUT2D eigenvalue weighted by molar-refractivity contribution is 8.01. The van der Waals surface area contributed by atoms with Crippen LogP contribution >= 0.6 is 23.5 Å². The Kier molecular flexibility index (Phi) is 9.91. The van der Waals surface area contributed by atoms with Crippen LogP contribution in [0.3, 0.4) is 0 Å². The number of hydrogen-bond acceptors (Lipinski definition) is 5. The first-order chi connectivity index (χ1) is 23.6. The van der Waals surface area contributed by atoms with Gasteiger partial charge in [-0.2, -0.15) is 14.5 Å². The summed E-state index contributed by atoms with van der Waals surface area (Å²) in [6.45, 7) is 1.42. The molecule has 1 N–H and O–H groups in total. The van der Waals surface area contributed by atoms with Gasteiger partial charge in [-0.25, -0.2) is 13.2 Å². The molecule has 0 saturated heterocycles. The maximum absolute atomic E-state index is 15.0. The zero-order valence-corrected chi connectivity index (χ0v) is 28.0. The van der Waals surface area contributed by atoms with Crippen LogP contribution in [0.15, 0.2) is 106 Å². The van der Waals surface area contributed by atoms with E-state index in [-0.39, 0.29) is 33.1 Å². The van der Waals surface area contributed by atoms with Crippen molar-refractivity contribution in [2.75, 3.05) is 0 Å². The first-order valence-electron chi connectivity index (χ1n) is 14.8. The fourth-order valence-corrected chi connectivity index (χ4v) is 8.12. The Balaban J connectivity index is 1.65. The van der Waals surface area contributed by atoms with Gasteiger partial charge in [0, 0.05) is 44.5 Å². The number of amides is 1. The van der Waals surface area contributed by atoms with Crippen LogP contribution in [-0.2, 0) is 16.2 Å². The van der Waals surface area contributed by atoms with E-state index < -0.39 is 23.6 Å². The van der Waals surface area contributed by atoms with Gasteiger partial charge in [0.1, 0.15) is 22.9 Å². The van der Waals surface area contributed by atoms with Gasteiger partial charge in [-0.15, -0.1) is 0 Å². The number of carbonyl (C=O) groups is 1. The Morgan fingerprint density at radius 3 is 2.27 bits per heavy atom. The number of alkyl halides is 2. The zero-order chi connectivity index (χ0) is 34.8. The largest absolute Gasteiger partial charge is 0.587 e. The molecule has 1 amide bonds. The van der Waals surface area contributed by atoms with Gasteiger partial charge in [0.2, 0.25) is 5.91 Å². The first-order valence-corrected chi connectivity index (χ1v) is 17.1. The van der Waals surface area contributed by atoms with Gasteiger partial charge in [0.15, 0.2) is 4.90 Å². The number of nitrogens with zero attached hydrogens (tertiary/aromatic N) is 3. The van der Waals surface area contributed by atoms with E-state index in [1.807, 2.05) is 12.1 Å². The Hall–Kier alpha value is -4.91. The number of rotatable bonds is 8. The van der Waals surface area contributed by atoms with Gasteiger partial charge in [-0.05, 0) is 103 Å².